The molecule has 0 N–H and O–H groups in total. The van der Waals surface area contributed by atoms with Crippen LogP contribution in [0.4, 0.5) is 11.4 Å². The van der Waals surface area contributed by atoms with Crippen LogP contribution >= 0.6 is 0 Å². The standard InChI is InChI=1S/C22H23NO.C22H18O/c1-3-23(21-15-8-9-16-22(21)24-4-2)20-14-10-13-19(17-20)18-11-6-5-7-12-18;1-23-22-14-8-7-12-20(22)16-15-18-9-5-6-13-21(17-18)19-10-3-2-4-11-19/h5-17H,3-4H2,1-2H3;2-4,6-14,17H,5H2,1H3. The van der Waals surface area contributed by atoms with Gasteiger partial charge in [-0.1, -0.05) is 127 Å². The highest BCUT2D eigenvalue weighted by molar-refractivity contribution is 5.78. The van der Waals surface area contributed by atoms with Crippen molar-refractivity contribution in [3.8, 4) is 34.5 Å². The number of para-hydroxylation sites is 3. The van der Waals surface area contributed by atoms with Crippen molar-refractivity contribution in [2.75, 3.05) is 25.2 Å². The topological polar surface area (TPSA) is 21.7 Å². The molecule has 1 aliphatic rings. The van der Waals surface area contributed by atoms with Crippen molar-refractivity contribution in [1.82, 2.24) is 0 Å². The summed E-state index contributed by atoms with van der Waals surface area (Å²) in [5.74, 6) is 8.21. The first-order chi connectivity index (χ1) is 23.2. The van der Waals surface area contributed by atoms with Crippen molar-refractivity contribution in [2.24, 2.45) is 0 Å². The summed E-state index contributed by atoms with van der Waals surface area (Å²) >= 11 is 0. The molecular formula is C44H41NO2. The molecule has 0 radical (unpaired) electrons. The Bertz CT molecular complexity index is 1890. The third-order valence-corrected chi connectivity index (χ3v) is 7.67. The highest BCUT2D eigenvalue weighted by Crippen LogP contribution is 2.35. The van der Waals surface area contributed by atoms with Crippen LogP contribution in [0.25, 0.3) is 16.7 Å². The lowest BCUT2D eigenvalue weighted by Gasteiger charge is -2.26. The van der Waals surface area contributed by atoms with Crippen LogP contribution < -0.4 is 14.4 Å². The predicted molar refractivity (Wildman–Crippen MR) is 198 cm³/mol. The van der Waals surface area contributed by atoms with Crippen molar-refractivity contribution in [2.45, 2.75) is 20.3 Å². The quantitative estimate of drug-likeness (QED) is 0.162. The van der Waals surface area contributed by atoms with E-state index in [2.05, 4.69) is 133 Å². The average Bonchev–Trinajstić information content (AvgIpc) is 3.39. The van der Waals surface area contributed by atoms with Crippen LogP contribution in [-0.2, 0) is 0 Å². The summed E-state index contributed by atoms with van der Waals surface area (Å²) in [5, 5.41) is 0. The monoisotopic (exact) mass is 615 g/mol. The average molecular weight is 616 g/mol. The van der Waals surface area contributed by atoms with Gasteiger partial charge in [-0.25, -0.2) is 0 Å². The fourth-order valence-electron chi connectivity index (χ4n) is 5.38. The lowest BCUT2D eigenvalue weighted by molar-refractivity contribution is 0.341. The molecule has 234 valence electrons. The number of nitrogens with zero attached hydrogens (tertiary/aromatic N) is 1. The van der Waals surface area contributed by atoms with Gasteiger partial charge in [-0.05, 0) is 85.0 Å². The van der Waals surface area contributed by atoms with E-state index in [0.29, 0.717) is 6.61 Å². The van der Waals surface area contributed by atoms with Crippen molar-refractivity contribution >= 4 is 16.9 Å². The second kappa shape index (κ2) is 17.1. The number of allylic oxidation sites excluding steroid dienone is 6. The van der Waals surface area contributed by atoms with E-state index in [4.69, 9.17) is 9.47 Å². The Kier molecular flexibility index (Phi) is 11.9. The lowest BCUT2D eigenvalue weighted by atomic mass is 10.0. The van der Waals surface area contributed by atoms with Crippen molar-refractivity contribution in [3.63, 3.8) is 0 Å². The van der Waals surface area contributed by atoms with Crippen LogP contribution in [0.1, 0.15) is 31.4 Å². The van der Waals surface area contributed by atoms with Gasteiger partial charge in [0.1, 0.15) is 11.5 Å². The van der Waals surface area contributed by atoms with E-state index in [0.717, 1.165) is 41.3 Å². The number of ether oxygens (including phenoxy) is 2. The Labute approximate surface area is 280 Å². The Morgan fingerprint density at radius 2 is 1.32 bits per heavy atom. The normalized spacial score (nSPS) is 11.8. The molecule has 0 aromatic heterocycles. The van der Waals surface area contributed by atoms with Crippen LogP contribution in [0.5, 0.6) is 11.5 Å². The van der Waals surface area contributed by atoms with E-state index >= 15 is 0 Å². The van der Waals surface area contributed by atoms with E-state index in [-0.39, 0.29) is 0 Å². The molecule has 5 aromatic rings. The van der Waals surface area contributed by atoms with Gasteiger partial charge < -0.3 is 14.4 Å². The largest absolute Gasteiger partial charge is 0.495 e. The predicted octanol–water partition coefficient (Wildman–Crippen LogP) is 10.9. The lowest BCUT2D eigenvalue weighted by Crippen LogP contribution is -2.17. The Morgan fingerprint density at radius 1 is 0.660 bits per heavy atom. The van der Waals surface area contributed by atoms with Gasteiger partial charge in [0.05, 0.1) is 25.0 Å². The Balaban J connectivity index is 0.000000185. The molecule has 0 saturated heterocycles. The second-order valence-electron chi connectivity index (χ2n) is 10.8. The molecule has 47 heavy (non-hydrogen) atoms. The van der Waals surface area contributed by atoms with Gasteiger partial charge in [0, 0.05) is 17.8 Å². The number of benzene rings is 5. The molecule has 0 bridgehead atoms. The van der Waals surface area contributed by atoms with E-state index in [1.165, 1.54) is 28.0 Å². The van der Waals surface area contributed by atoms with Crippen molar-refractivity contribution < 1.29 is 9.47 Å². The highest BCUT2D eigenvalue weighted by atomic mass is 16.5. The van der Waals surface area contributed by atoms with Crippen molar-refractivity contribution in [1.29, 1.82) is 0 Å². The third kappa shape index (κ3) is 8.93. The van der Waals surface area contributed by atoms with Crippen LogP contribution in [0.15, 0.2) is 163 Å². The Hall–Kier alpha value is -5.72. The van der Waals surface area contributed by atoms with E-state index in [9.17, 15) is 0 Å². The first-order valence-corrected chi connectivity index (χ1v) is 16.1. The molecule has 0 unspecified atom stereocenters. The summed E-state index contributed by atoms with van der Waals surface area (Å²) in [6, 6.07) is 45.6. The van der Waals surface area contributed by atoms with Crippen LogP contribution in [0, 0.1) is 11.8 Å². The summed E-state index contributed by atoms with van der Waals surface area (Å²) in [6.45, 7) is 5.72. The number of hydrogen-bond donors (Lipinski definition) is 0. The maximum Gasteiger partial charge on any atom is 0.142 e. The first kappa shape index (κ1) is 32.7. The number of anilines is 2. The molecule has 0 saturated carbocycles. The SMILES string of the molecule is CCOc1ccccc1N(CC)c1cccc(-c2ccccc2)c1.COc1ccccc1C#CC1=CCC=CC(c2ccccc2)=C1. The molecule has 0 spiro atoms. The smallest absolute Gasteiger partial charge is 0.142 e. The summed E-state index contributed by atoms with van der Waals surface area (Å²) < 4.78 is 11.2. The summed E-state index contributed by atoms with van der Waals surface area (Å²) in [4.78, 5) is 2.29. The van der Waals surface area contributed by atoms with Crippen molar-refractivity contribution in [3.05, 3.63) is 174 Å². The summed E-state index contributed by atoms with van der Waals surface area (Å²) in [7, 11) is 1.67. The minimum absolute atomic E-state index is 0.665. The van der Waals surface area contributed by atoms with Gasteiger partial charge in [-0.2, -0.15) is 0 Å². The summed E-state index contributed by atoms with van der Waals surface area (Å²) in [5.41, 5.74) is 9.05. The fourth-order valence-corrected chi connectivity index (χ4v) is 5.38. The molecular weight excluding hydrogens is 574 g/mol. The van der Waals surface area contributed by atoms with E-state index in [1.807, 2.05) is 55.5 Å². The minimum atomic E-state index is 0.665. The maximum absolute atomic E-state index is 5.81. The molecule has 1 aliphatic carbocycles. The zero-order chi connectivity index (χ0) is 32.7. The number of hydrogen-bond acceptors (Lipinski definition) is 3. The van der Waals surface area contributed by atoms with Crippen LogP contribution in [0.3, 0.4) is 0 Å². The van der Waals surface area contributed by atoms with E-state index < -0.39 is 0 Å². The zero-order valence-electron chi connectivity index (χ0n) is 27.4. The second-order valence-corrected chi connectivity index (χ2v) is 10.8. The molecule has 5 aromatic carbocycles. The van der Waals surface area contributed by atoms with Crippen LogP contribution in [0.2, 0.25) is 0 Å². The Morgan fingerprint density at radius 3 is 2.04 bits per heavy atom. The molecule has 3 nitrogen and oxygen atoms in total. The van der Waals surface area contributed by atoms with E-state index in [1.54, 1.807) is 7.11 Å². The molecule has 6 rings (SSSR count). The van der Waals surface area contributed by atoms with Gasteiger partial charge >= 0.3 is 0 Å². The fraction of sp³-hybridized carbons (Fsp3) is 0.136. The van der Waals surface area contributed by atoms with Gasteiger partial charge in [0.15, 0.2) is 0 Å². The molecule has 0 heterocycles. The molecule has 0 atom stereocenters. The molecule has 3 heteroatoms. The van der Waals surface area contributed by atoms with Crippen LogP contribution in [-0.4, -0.2) is 20.3 Å². The van der Waals surface area contributed by atoms with Gasteiger partial charge in [0.25, 0.3) is 0 Å². The van der Waals surface area contributed by atoms with Gasteiger partial charge in [-0.15, -0.1) is 0 Å². The highest BCUT2D eigenvalue weighted by Gasteiger charge is 2.13. The number of methoxy groups -OCH3 is 1. The third-order valence-electron chi connectivity index (χ3n) is 7.67. The maximum atomic E-state index is 5.81. The molecule has 0 aliphatic heterocycles. The van der Waals surface area contributed by atoms with Gasteiger partial charge in [-0.3, -0.25) is 0 Å². The first-order valence-electron chi connectivity index (χ1n) is 16.1. The molecule has 0 amide bonds. The minimum Gasteiger partial charge on any atom is -0.495 e. The number of rotatable bonds is 8. The summed E-state index contributed by atoms with van der Waals surface area (Å²) in [6.07, 6.45) is 9.50. The molecule has 0 fully saturated rings. The zero-order valence-corrected chi connectivity index (χ0v) is 27.4. The van der Waals surface area contributed by atoms with Gasteiger partial charge in [0.2, 0.25) is 0 Å².